The van der Waals surface area contributed by atoms with E-state index in [1.807, 2.05) is 25.2 Å². The molecule has 0 amide bonds. The van der Waals surface area contributed by atoms with E-state index in [4.69, 9.17) is 11.6 Å². The second kappa shape index (κ2) is 6.40. The van der Waals surface area contributed by atoms with Crippen molar-refractivity contribution in [3.8, 4) is 0 Å². The third kappa shape index (κ3) is 4.00. The van der Waals surface area contributed by atoms with Gasteiger partial charge < -0.3 is 5.32 Å². The van der Waals surface area contributed by atoms with Gasteiger partial charge in [0.05, 0.1) is 11.4 Å². The first kappa shape index (κ1) is 12.9. The lowest BCUT2D eigenvalue weighted by atomic mass is 10.4. The summed E-state index contributed by atoms with van der Waals surface area (Å²) in [6, 6.07) is 7.91. The first-order valence-corrected chi connectivity index (χ1v) is 7.48. The van der Waals surface area contributed by atoms with E-state index in [-0.39, 0.29) is 0 Å². The highest BCUT2D eigenvalue weighted by Crippen LogP contribution is 2.26. The summed E-state index contributed by atoms with van der Waals surface area (Å²) in [4.78, 5) is 5.72. The molecule has 0 radical (unpaired) electrons. The second-order valence-electron chi connectivity index (χ2n) is 3.51. The highest BCUT2D eigenvalue weighted by atomic mass is 35.5. The zero-order chi connectivity index (χ0) is 12.1. The van der Waals surface area contributed by atoms with Crippen LogP contribution in [0.25, 0.3) is 0 Å². The molecule has 2 aromatic rings. The van der Waals surface area contributed by atoms with Crippen LogP contribution in [0.2, 0.25) is 5.02 Å². The van der Waals surface area contributed by atoms with Crippen LogP contribution >= 0.6 is 34.7 Å². The van der Waals surface area contributed by atoms with Gasteiger partial charge in [-0.05, 0) is 25.2 Å². The van der Waals surface area contributed by atoms with Crippen LogP contribution in [0.5, 0.6) is 0 Å². The Hall–Kier alpha value is -0.550. The average Bonchev–Trinajstić information content (AvgIpc) is 2.75. The predicted molar refractivity (Wildman–Crippen MR) is 75.9 cm³/mol. The van der Waals surface area contributed by atoms with Crippen molar-refractivity contribution in [1.82, 2.24) is 10.3 Å². The minimum absolute atomic E-state index is 0.782. The van der Waals surface area contributed by atoms with Crippen molar-refractivity contribution in [2.24, 2.45) is 0 Å². The van der Waals surface area contributed by atoms with Crippen molar-refractivity contribution in [2.75, 3.05) is 7.05 Å². The highest BCUT2D eigenvalue weighted by molar-refractivity contribution is 7.98. The number of aromatic nitrogens is 1. The maximum Gasteiger partial charge on any atom is 0.103 e. The molecule has 0 spiro atoms. The summed E-state index contributed by atoms with van der Waals surface area (Å²) in [5, 5.41) is 7.14. The third-order valence-electron chi connectivity index (χ3n) is 2.12. The molecule has 5 heteroatoms. The lowest BCUT2D eigenvalue weighted by molar-refractivity contribution is 0.794. The van der Waals surface area contributed by atoms with Gasteiger partial charge in [0.25, 0.3) is 0 Å². The first-order chi connectivity index (χ1) is 8.28. The van der Waals surface area contributed by atoms with E-state index in [2.05, 4.69) is 21.7 Å². The Morgan fingerprint density at radius 2 is 2.35 bits per heavy atom. The summed E-state index contributed by atoms with van der Waals surface area (Å²) in [5.74, 6) is 0.898. The van der Waals surface area contributed by atoms with Crippen LogP contribution < -0.4 is 5.32 Å². The molecule has 0 atom stereocenters. The molecule has 0 bridgehead atoms. The summed E-state index contributed by atoms with van der Waals surface area (Å²) < 4.78 is 0. The topological polar surface area (TPSA) is 24.9 Å². The quantitative estimate of drug-likeness (QED) is 0.845. The maximum absolute atomic E-state index is 5.94. The van der Waals surface area contributed by atoms with Gasteiger partial charge in [0.1, 0.15) is 5.01 Å². The Morgan fingerprint density at radius 3 is 3.12 bits per heavy atom. The van der Waals surface area contributed by atoms with Crippen molar-refractivity contribution < 1.29 is 0 Å². The lowest BCUT2D eigenvalue weighted by Gasteiger charge is -1.99. The number of nitrogens with zero attached hydrogens (tertiary/aromatic N) is 1. The van der Waals surface area contributed by atoms with Gasteiger partial charge in [0.15, 0.2) is 0 Å². The fraction of sp³-hybridized carbons (Fsp3) is 0.250. The standard InChI is InChI=1S/C12H13ClN2S2/c1-14-6-10-7-17-12(15-10)8-16-11-4-2-3-9(13)5-11/h2-5,7,14H,6,8H2,1H3. The minimum Gasteiger partial charge on any atom is -0.314 e. The predicted octanol–water partition coefficient (Wildman–Crippen LogP) is 3.81. The fourth-order valence-corrected chi connectivity index (χ4v) is 3.40. The molecular weight excluding hydrogens is 272 g/mol. The van der Waals surface area contributed by atoms with Gasteiger partial charge in [-0.25, -0.2) is 4.98 Å². The van der Waals surface area contributed by atoms with Crippen LogP contribution in [0.4, 0.5) is 0 Å². The van der Waals surface area contributed by atoms with Crippen molar-refractivity contribution >= 4 is 34.7 Å². The molecule has 0 aliphatic heterocycles. The minimum atomic E-state index is 0.782. The number of thioether (sulfide) groups is 1. The van der Waals surface area contributed by atoms with Crippen LogP contribution in [0.15, 0.2) is 34.5 Å². The molecule has 1 heterocycles. The molecule has 0 aliphatic rings. The zero-order valence-corrected chi connectivity index (χ0v) is 11.8. The number of halogens is 1. The number of hydrogen-bond donors (Lipinski definition) is 1. The van der Waals surface area contributed by atoms with E-state index in [1.54, 1.807) is 23.1 Å². The molecule has 1 aromatic carbocycles. The van der Waals surface area contributed by atoms with Gasteiger partial charge in [0.2, 0.25) is 0 Å². The van der Waals surface area contributed by atoms with Gasteiger partial charge in [0, 0.05) is 21.8 Å². The Bertz CT molecular complexity index is 485. The molecule has 0 fully saturated rings. The molecule has 17 heavy (non-hydrogen) atoms. The molecule has 0 aliphatic carbocycles. The largest absolute Gasteiger partial charge is 0.314 e. The Balaban J connectivity index is 1.93. The number of rotatable bonds is 5. The summed E-state index contributed by atoms with van der Waals surface area (Å²) in [5.41, 5.74) is 1.11. The first-order valence-electron chi connectivity index (χ1n) is 5.24. The Labute approximate surface area is 114 Å². The van der Waals surface area contributed by atoms with Gasteiger partial charge in [-0.2, -0.15) is 0 Å². The monoisotopic (exact) mass is 284 g/mol. The number of hydrogen-bond acceptors (Lipinski definition) is 4. The molecule has 0 unspecified atom stereocenters. The Kier molecular flexibility index (Phi) is 4.86. The lowest BCUT2D eigenvalue weighted by Crippen LogP contribution is -2.05. The molecule has 1 N–H and O–H groups in total. The summed E-state index contributed by atoms with van der Waals surface area (Å²) in [6.07, 6.45) is 0. The molecule has 2 nitrogen and oxygen atoms in total. The molecular formula is C12H13ClN2S2. The van der Waals surface area contributed by atoms with Gasteiger partial charge in [-0.1, -0.05) is 17.7 Å². The van der Waals surface area contributed by atoms with E-state index >= 15 is 0 Å². The normalized spacial score (nSPS) is 10.7. The van der Waals surface area contributed by atoms with Gasteiger partial charge in [-0.15, -0.1) is 23.1 Å². The van der Waals surface area contributed by atoms with E-state index in [0.717, 1.165) is 28.0 Å². The smallest absolute Gasteiger partial charge is 0.103 e. The highest BCUT2D eigenvalue weighted by Gasteiger charge is 2.02. The molecule has 2 rings (SSSR count). The molecule has 0 saturated heterocycles. The van der Waals surface area contributed by atoms with E-state index in [1.165, 1.54) is 4.90 Å². The van der Waals surface area contributed by atoms with Crippen molar-refractivity contribution in [3.05, 3.63) is 45.4 Å². The molecule has 0 saturated carbocycles. The van der Waals surface area contributed by atoms with E-state index < -0.39 is 0 Å². The molecule has 1 aromatic heterocycles. The zero-order valence-electron chi connectivity index (χ0n) is 9.44. The number of thiazole rings is 1. The van der Waals surface area contributed by atoms with Crippen molar-refractivity contribution in [2.45, 2.75) is 17.2 Å². The maximum atomic E-state index is 5.94. The summed E-state index contributed by atoms with van der Waals surface area (Å²) >= 11 is 9.41. The average molecular weight is 285 g/mol. The SMILES string of the molecule is CNCc1csc(CSc2cccc(Cl)c2)n1. The summed E-state index contributed by atoms with van der Waals surface area (Å²) in [7, 11) is 1.93. The van der Waals surface area contributed by atoms with Crippen LogP contribution in [0, 0.1) is 0 Å². The number of nitrogens with one attached hydrogen (secondary N) is 1. The summed E-state index contributed by atoms with van der Waals surface area (Å²) in [6.45, 7) is 0.832. The van der Waals surface area contributed by atoms with Crippen molar-refractivity contribution in [3.63, 3.8) is 0 Å². The van der Waals surface area contributed by atoms with Crippen molar-refractivity contribution in [1.29, 1.82) is 0 Å². The van der Waals surface area contributed by atoms with E-state index in [9.17, 15) is 0 Å². The van der Waals surface area contributed by atoms with Crippen LogP contribution in [0.1, 0.15) is 10.7 Å². The molecule has 90 valence electrons. The van der Waals surface area contributed by atoms with Gasteiger partial charge in [-0.3, -0.25) is 0 Å². The second-order valence-corrected chi connectivity index (χ2v) is 5.94. The van der Waals surface area contributed by atoms with Crippen LogP contribution in [-0.4, -0.2) is 12.0 Å². The van der Waals surface area contributed by atoms with E-state index in [0.29, 0.717) is 0 Å². The fourth-order valence-electron chi connectivity index (χ4n) is 1.38. The van der Waals surface area contributed by atoms with Gasteiger partial charge >= 0.3 is 0 Å². The third-order valence-corrected chi connectivity index (χ3v) is 4.44. The Morgan fingerprint density at radius 1 is 1.47 bits per heavy atom. The number of benzene rings is 1. The van der Waals surface area contributed by atoms with Crippen LogP contribution in [-0.2, 0) is 12.3 Å². The van der Waals surface area contributed by atoms with Crippen LogP contribution in [0.3, 0.4) is 0 Å².